The Morgan fingerprint density at radius 3 is 3.00 bits per heavy atom. The summed E-state index contributed by atoms with van der Waals surface area (Å²) in [5.41, 5.74) is 0. The van der Waals surface area contributed by atoms with E-state index >= 15 is 0 Å². The molecule has 1 fully saturated rings. The van der Waals surface area contributed by atoms with Crippen LogP contribution in [0.2, 0.25) is 0 Å². The molecule has 52 valence electrons. The normalized spacial score (nSPS) is 34.3. The van der Waals surface area contributed by atoms with E-state index in [2.05, 4.69) is 5.32 Å². The molecule has 1 saturated heterocycles. The van der Waals surface area contributed by atoms with Gasteiger partial charge in [0.2, 0.25) is 6.41 Å². The fourth-order valence-corrected chi connectivity index (χ4v) is 1.03. The van der Waals surface area contributed by atoms with E-state index in [0.717, 1.165) is 12.8 Å². The Balaban J connectivity index is 2.21. The third-order valence-electron chi connectivity index (χ3n) is 1.50. The molecule has 0 aromatic carbocycles. The van der Waals surface area contributed by atoms with Gasteiger partial charge in [0.15, 0.2) is 0 Å². The van der Waals surface area contributed by atoms with Crippen LogP contribution >= 0.6 is 0 Å². The van der Waals surface area contributed by atoms with E-state index in [0.29, 0.717) is 12.7 Å². The molecule has 0 bridgehead atoms. The molecule has 9 heavy (non-hydrogen) atoms. The highest BCUT2D eigenvalue weighted by Crippen LogP contribution is 2.10. The van der Waals surface area contributed by atoms with Crippen LogP contribution < -0.4 is 5.32 Å². The van der Waals surface area contributed by atoms with Crippen LogP contribution in [0.1, 0.15) is 13.3 Å². The van der Waals surface area contributed by atoms with Gasteiger partial charge >= 0.3 is 0 Å². The van der Waals surface area contributed by atoms with Gasteiger partial charge in [-0.25, -0.2) is 0 Å². The van der Waals surface area contributed by atoms with Crippen molar-refractivity contribution in [1.29, 1.82) is 0 Å². The van der Waals surface area contributed by atoms with Crippen molar-refractivity contribution >= 4 is 6.41 Å². The Hall–Kier alpha value is -0.570. The molecule has 3 nitrogen and oxygen atoms in total. The zero-order valence-corrected chi connectivity index (χ0v) is 5.46. The number of carbonyl (C=O) groups is 1. The Kier molecular flexibility index (Phi) is 2.05. The number of rotatable bonds is 2. The lowest BCUT2D eigenvalue weighted by molar-refractivity contribution is -0.110. The van der Waals surface area contributed by atoms with Crippen LogP contribution in [-0.4, -0.2) is 25.2 Å². The standard InChI is InChI=1S/C6H11NO2/c1-5-2-6(3-9-5)7-4-8/h4-6H,2-3H2,1H3,(H,7,8). The van der Waals surface area contributed by atoms with Crippen LogP contribution in [0.25, 0.3) is 0 Å². The van der Waals surface area contributed by atoms with Gasteiger partial charge in [-0.1, -0.05) is 0 Å². The molecular weight excluding hydrogens is 118 g/mol. The van der Waals surface area contributed by atoms with Gasteiger partial charge < -0.3 is 10.1 Å². The van der Waals surface area contributed by atoms with Gasteiger partial charge in [-0.15, -0.1) is 0 Å². The van der Waals surface area contributed by atoms with Gasteiger partial charge in [0.25, 0.3) is 0 Å². The summed E-state index contributed by atoms with van der Waals surface area (Å²) < 4.78 is 5.20. The average Bonchev–Trinajstić information content (AvgIpc) is 2.17. The fourth-order valence-electron chi connectivity index (χ4n) is 1.03. The van der Waals surface area contributed by atoms with Crippen molar-refractivity contribution in [3.05, 3.63) is 0 Å². The Morgan fingerprint density at radius 1 is 1.78 bits per heavy atom. The average molecular weight is 129 g/mol. The monoisotopic (exact) mass is 129 g/mol. The number of amides is 1. The summed E-state index contributed by atoms with van der Waals surface area (Å²) in [5.74, 6) is 0. The van der Waals surface area contributed by atoms with Crippen LogP contribution in [0.15, 0.2) is 0 Å². The Bertz CT molecular complexity index is 105. The quantitative estimate of drug-likeness (QED) is 0.529. The summed E-state index contributed by atoms with van der Waals surface area (Å²) in [5, 5.41) is 2.67. The second-order valence-corrected chi connectivity index (χ2v) is 2.36. The minimum atomic E-state index is 0.248. The molecule has 3 heteroatoms. The molecule has 0 spiro atoms. The summed E-state index contributed by atoms with van der Waals surface area (Å²) in [6.45, 7) is 2.67. The molecule has 1 amide bonds. The maximum absolute atomic E-state index is 9.90. The van der Waals surface area contributed by atoms with E-state index in [4.69, 9.17) is 4.74 Å². The summed E-state index contributed by atoms with van der Waals surface area (Å²) in [4.78, 5) is 9.90. The highest BCUT2D eigenvalue weighted by molar-refractivity contribution is 5.46. The van der Waals surface area contributed by atoms with E-state index in [9.17, 15) is 4.79 Å². The van der Waals surface area contributed by atoms with Gasteiger partial charge in [-0.05, 0) is 13.3 Å². The van der Waals surface area contributed by atoms with Crippen LogP contribution in [0.4, 0.5) is 0 Å². The summed E-state index contributed by atoms with van der Waals surface area (Å²) in [6.07, 6.45) is 1.98. The number of hydrogen-bond donors (Lipinski definition) is 1. The van der Waals surface area contributed by atoms with E-state index in [1.165, 1.54) is 0 Å². The predicted octanol–water partition coefficient (Wildman–Crippen LogP) is -0.0902. The number of hydrogen-bond acceptors (Lipinski definition) is 2. The van der Waals surface area contributed by atoms with Crippen molar-refractivity contribution in [2.45, 2.75) is 25.5 Å². The number of nitrogens with one attached hydrogen (secondary N) is 1. The third-order valence-corrected chi connectivity index (χ3v) is 1.50. The smallest absolute Gasteiger partial charge is 0.207 e. The van der Waals surface area contributed by atoms with Crippen LogP contribution in [0, 0.1) is 0 Å². The van der Waals surface area contributed by atoms with Gasteiger partial charge in [0.05, 0.1) is 18.8 Å². The van der Waals surface area contributed by atoms with Crippen molar-refractivity contribution < 1.29 is 9.53 Å². The minimum absolute atomic E-state index is 0.248. The maximum Gasteiger partial charge on any atom is 0.207 e. The van der Waals surface area contributed by atoms with Crippen molar-refractivity contribution in [2.24, 2.45) is 0 Å². The minimum Gasteiger partial charge on any atom is -0.376 e. The van der Waals surface area contributed by atoms with E-state index in [1.807, 2.05) is 6.92 Å². The molecule has 1 aliphatic rings. The largest absolute Gasteiger partial charge is 0.376 e. The van der Waals surface area contributed by atoms with Gasteiger partial charge in [0.1, 0.15) is 0 Å². The molecule has 0 saturated carbocycles. The highest BCUT2D eigenvalue weighted by atomic mass is 16.5. The zero-order chi connectivity index (χ0) is 6.69. The highest BCUT2D eigenvalue weighted by Gasteiger charge is 2.20. The number of ether oxygens (including phenoxy) is 1. The van der Waals surface area contributed by atoms with Gasteiger partial charge in [0, 0.05) is 0 Å². The topological polar surface area (TPSA) is 38.3 Å². The first-order valence-corrected chi connectivity index (χ1v) is 3.14. The van der Waals surface area contributed by atoms with Crippen molar-refractivity contribution in [2.75, 3.05) is 6.61 Å². The molecular formula is C6H11NO2. The van der Waals surface area contributed by atoms with Crippen molar-refractivity contribution in [3.8, 4) is 0 Å². The molecule has 0 aromatic heterocycles. The Morgan fingerprint density at radius 2 is 2.56 bits per heavy atom. The lowest BCUT2D eigenvalue weighted by atomic mass is 10.2. The Labute approximate surface area is 54.4 Å². The molecule has 0 radical (unpaired) electrons. The molecule has 1 aliphatic heterocycles. The third kappa shape index (κ3) is 1.68. The molecule has 0 aliphatic carbocycles. The molecule has 0 aromatic rings. The van der Waals surface area contributed by atoms with Crippen LogP contribution in [0.3, 0.4) is 0 Å². The van der Waals surface area contributed by atoms with Crippen LogP contribution in [0.5, 0.6) is 0 Å². The van der Waals surface area contributed by atoms with E-state index in [-0.39, 0.29) is 6.04 Å². The van der Waals surface area contributed by atoms with Gasteiger partial charge in [-0.2, -0.15) is 0 Å². The van der Waals surface area contributed by atoms with Crippen molar-refractivity contribution in [3.63, 3.8) is 0 Å². The molecule has 2 unspecified atom stereocenters. The summed E-state index contributed by atoms with van der Waals surface area (Å²) >= 11 is 0. The molecule has 1 N–H and O–H groups in total. The predicted molar refractivity (Wildman–Crippen MR) is 33.0 cm³/mol. The lowest BCUT2D eigenvalue weighted by Gasteiger charge is -2.02. The molecule has 2 atom stereocenters. The molecule has 1 heterocycles. The first kappa shape index (κ1) is 6.55. The summed E-state index contributed by atoms with van der Waals surface area (Å²) in [6, 6.07) is 0.248. The summed E-state index contributed by atoms with van der Waals surface area (Å²) in [7, 11) is 0. The van der Waals surface area contributed by atoms with E-state index < -0.39 is 0 Å². The van der Waals surface area contributed by atoms with Gasteiger partial charge in [-0.3, -0.25) is 4.79 Å². The first-order chi connectivity index (χ1) is 4.33. The SMILES string of the molecule is CC1CC(NC=O)CO1. The first-order valence-electron chi connectivity index (χ1n) is 3.14. The zero-order valence-electron chi connectivity index (χ0n) is 5.46. The van der Waals surface area contributed by atoms with E-state index in [1.54, 1.807) is 0 Å². The van der Waals surface area contributed by atoms with Crippen LogP contribution in [-0.2, 0) is 9.53 Å². The van der Waals surface area contributed by atoms with Crippen molar-refractivity contribution in [1.82, 2.24) is 5.32 Å². The lowest BCUT2D eigenvalue weighted by Crippen LogP contribution is -2.27. The fraction of sp³-hybridized carbons (Fsp3) is 0.833. The molecule has 1 rings (SSSR count). The second-order valence-electron chi connectivity index (χ2n) is 2.36. The number of carbonyl (C=O) groups excluding carboxylic acids is 1. The maximum atomic E-state index is 9.90. The second kappa shape index (κ2) is 2.82.